The predicted molar refractivity (Wildman–Crippen MR) is 112 cm³/mol. The lowest BCUT2D eigenvalue weighted by molar-refractivity contribution is 0.398. The molecule has 9 nitrogen and oxygen atoms in total. The van der Waals surface area contributed by atoms with E-state index in [2.05, 4.69) is 66.4 Å². The van der Waals surface area contributed by atoms with Gasteiger partial charge in [0.2, 0.25) is 11.7 Å². The molecule has 0 atom stereocenters. The van der Waals surface area contributed by atoms with Gasteiger partial charge in [0.1, 0.15) is 5.82 Å². The maximum atomic E-state index is 5.28. The molecule has 0 aliphatic heterocycles. The Balaban J connectivity index is 1.38. The van der Waals surface area contributed by atoms with Gasteiger partial charge in [-0.05, 0) is 21.9 Å². The standard InChI is InChI=1S/C21H18N8O/c1-30-20-12-19(29-18(24-20)10-11-23-29)22-13-14-6-8-15(9-7-14)16-4-2-3-5-17(16)21-25-27-28-26-21/h2-12,22H,13H2,1H3,(H,25,26,27,28). The molecule has 0 aliphatic rings. The summed E-state index contributed by atoms with van der Waals surface area (Å²) in [6.45, 7) is 0.634. The molecule has 3 heterocycles. The average molecular weight is 398 g/mol. The number of methoxy groups -OCH3 is 1. The number of benzene rings is 2. The van der Waals surface area contributed by atoms with Crippen LogP contribution >= 0.6 is 0 Å². The summed E-state index contributed by atoms with van der Waals surface area (Å²) in [5.74, 6) is 1.93. The number of tetrazole rings is 1. The number of fused-ring (bicyclic) bond motifs is 1. The van der Waals surface area contributed by atoms with Gasteiger partial charge < -0.3 is 10.1 Å². The molecule has 0 bridgehead atoms. The number of rotatable bonds is 6. The molecule has 9 heteroatoms. The van der Waals surface area contributed by atoms with Gasteiger partial charge in [-0.15, -0.1) is 10.2 Å². The molecule has 0 unspecified atom stereocenters. The van der Waals surface area contributed by atoms with E-state index >= 15 is 0 Å². The fourth-order valence-electron chi connectivity index (χ4n) is 3.32. The molecule has 0 fully saturated rings. The summed E-state index contributed by atoms with van der Waals surface area (Å²) in [5.41, 5.74) is 4.92. The second-order valence-corrected chi connectivity index (χ2v) is 6.62. The first-order valence-electron chi connectivity index (χ1n) is 9.36. The molecule has 5 rings (SSSR count). The minimum atomic E-state index is 0.541. The first-order chi connectivity index (χ1) is 14.8. The molecule has 30 heavy (non-hydrogen) atoms. The van der Waals surface area contributed by atoms with Crippen molar-refractivity contribution < 1.29 is 4.74 Å². The fraction of sp³-hybridized carbons (Fsp3) is 0.0952. The average Bonchev–Trinajstić information content (AvgIpc) is 3.50. The van der Waals surface area contributed by atoms with Crippen molar-refractivity contribution in [3.8, 4) is 28.4 Å². The number of hydrogen-bond acceptors (Lipinski definition) is 7. The zero-order chi connectivity index (χ0) is 20.3. The van der Waals surface area contributed by atoms with Gasteiger partial charge in [-0.1, -0.05) is 48.5 Å². The molecular formula is C21H18N8O. The van der Waals surface area contributed by atoms with E-state index in [9.17, 15) is 0 Å². The number of anilines is 1. The van der Waals surface area contributed by atoms with Gasteiger partial charge in [-0.25, -0.2) is 0 Å². The topological polar surface area (TPSA) is 106 Å². The highest BCUT2D eigenvalue weighted by Crippen LogP contribution is 2.29. The second-order valence-electron chi connectivity index (χ2n) is 6.62. The summed E-state index contributed by atoms with van der Waals surface area (Å²) in [6, 6.07) is 20.0. The third kappa shape index (κ3) is 3.32. The van der Waals surface area contributed by atoms with Gasteiger partial charge in [0, 0.05) is 24.2 Å². The second kappa shape index (κ2) is 7.63. The van der Waals surface area contributed by atoms with Gasteiger partial charge in [-0.3, -0.25) is 0 Å². The molecule has 0 aliphatic carbocycles. The molecular weight excluding hydrogens is 380 g/mol. The van der Waals surface area contributed by atoms with Gasteiger partial charge >= 0.3 is 0 Å². The molecule has 0 amide bonds. The van der Waals surface area contributed by atoms with E-state index in [0.29, 0.717) is 18.2 Å². The highest BCUT2D eigenvalue weighted by Gasteiger charge is 2.11. The van der Waals surface area contributed by atoms with Crippen molar-refractivity contribution in [2.75, 3.05) is 12.4 Å². The molecule has 148 valence electrons. The van der Waals surface area contributed by atoms with Gasteiger partial charge in [0.05, 0.1) is 13.3 Å². The third-order valence-electron chi connectivity index (χ3n) is 4.80. The van der Waals surface area contributed by atoms with E-state index in [1.54, 1.807) is 17.8 Å². The maximum Gasteiger partial charge on any atom is 0.218 e. The Morgan fingerprint density at radius 3 is 2.63 bits per heavy atom. The van der Waals surface area contributed by atoms with Crippen LogP contribution in [0.3, 0.4) is 0 Å². The zero-order valence-corrected chi connectivity index (χ0v) is 16.1. The quantitative estimate of drug-likeness (QED) is 0.452. The van der Waals surface area contributed by atoms with Crippen molar-refractivity contribution in [1.82, 2.24) is 35.2 Å². The van der Waals surface area contributed by atoms with Crippen LogP contribution in [0, 0.1) is 0 Å². The Kier molecular flexibility index (Phi) is 4.53. The van der Waals surface area contributed by atoms with Crippen LogP contribution in [0.15, 0.2) is 66.9 Å². The van der Waals surface area contributed by atoms with E-state index in [-0.39, 0.29) is 0 Å². The number of nitrogens with one attached hydrogen (secondary N) is 2. The first kappa shape index (κ1) is 17.8. The number of hydrogen-bond donors (Lipinski definition) is 2. The Morgan fingerprint density at radius 1 is 1.03 bits per heavy atom. The summed E-state index contributed by atoms with van der Waals surface area (Å²) in [4.78, 5) is 4.37. The number of aromatic nitrogens is 7. The Morgan fingerprint density at radius 2 is 1.87 bits per heavy atom. The van der Waals surface area contributed by atoms with Gasteiger partial charge in [0.25, 0.3) is 0 Å². The van der Waals surface area contributed by atoms with Crippen molar-refractivity contribution in [2.24, 2.45) is 0 Å². The Labute approximate surface area is 171 Å². The molecule has 5 aromatic rings. The van der Waals surface area contributed by atoms with Crippen LogP contribution in [0.4, 0.5) is 5.82 Å². The smallest absolute Gasteiger partial charge is 0.218 e. The van der Waals surface area contributed by atoms with Gasteiger partial charge in [0.15, 0.2) is 5.65 Å². The van der Waals surface area contributed by atoms with E-state index in [4.69, 9.17) is 4.74 Å². The molecule has 0 radical (unpaired) electrons. The SMILES string of the molecule is COc1cc(NCc2ccc(-c3ccccc3-c3nn[nH]n3)cc2)n2nccc2n1. The van der Waals surface area contributed by atoms with Gasteiger partial charge in [-0.2, -0.15) is 19.8 Å². The lowest BCUT2D eigenvalue weighted by atomic mass is 9.98. The lowest BCUT2D eigenvalue weighted by Crippen LogP contribution is -2.06. The summed E-state index contributed by atoms with van der Waals surface area (Å²) >= 11 is 0. The van der Waals surface area contributed by atoms with E-state index < -0.39 is 0 Å². The highest BCUT2D eigenvalue weighted by molar-refractivity contribution is 5.80. The van der Waals surface area contributed by atoms with Crippen LogP contribution in [-0.4, -0.2) is 42.3 Å². The first-order valence-corrected chi connectivity index (χ1v) is 9.36. The molecule has 0 saturated heterocycles. The van der Waals surface area contributed by atoms with E-state index in [1.807, 2.05) is 30.3 Å². The monoisotopic (exact) mass is 398 g/mol. The summed E-state index contributed by atoms with van der Waals surface area (Å²) < 4.78 is 7.03. The van der Waals surface area contributed by atoms with Crippen molar-refractivity contribution in [2.45, 2.75) is 6.54 Å². The fourth-order valence-corrected chi connectivity index (χ4v) is 3.32. The number of nitrogens with zero attached hydrogens (tertiary/aromatic N) is 6. The van der Waals surface area contributed by atoms with Crippen LogP contribution in [-0.2, 0) is 6.54 Å². The lowest BCUT2D eigenvalue weighted by Gasteiger charge is -2.11. The molecule has 2 aromatic carbocycles. The van der Waals surface area contributed by atoms with Crippen molar-refractivity contribution in [1.29, 1.82) is 0 Å². The number of aromatic amines is 1. The minimum Gasteiger partial charge on any atom is -0.481 e. The third-order valence-corrected chi connectivity index (χ3v) is 4.80. The molecule has 2 N–H and O–H groups in total. The molecule has 0 saturated carbocycles. The van der Waals surface area contributed by atoms with Crippen LogP contribution in [0.5, 0.6) is 5.88 Å². The van der Waals surface area contributed by atoms with Crippen LogP contribution < -0.4 is 10.1 Å². The number of ether oxygens (including phenoxy) is 1. The van der Waals surface area contributed by atoms with E-state index in [1.165, 1.54) is 0 Å². The largest absolute Gasteiger partial charge is 0.481 e. The van der Waals surface area contributed by atoms with Crippen LogP contribution in [0.25, 0.3) is 28.2 Å². The summed E-state index contributed by atoms with van der Waals surface area (Å²) in [6.07, 6.45) is 1.71. The Bertz CT molecular complexity index is 1280. The zero-order valence-electron chi connectivity index (χ0n) is 16.1. The molecule has 0 spiro atoms. The van der Waals surface area contributed by atoms with Crippen LogP contribution in [0.1, 0.15) is 5.56 Å². The normalized spacial score (nSPS) is 11.0. The summed E-state index contributed by atoms with van der Waals surface area (Å²) in [5, 5.41) is 22.1. The Hall–Kier alpha value is -4.27. The van der Waals surface area contributed by atoms with E-state index in [0.717, 1.165) is 33.7 Å². The van der Waals surface area contributed by atoms with Crippen molar-refractivity contribution in [3.05, 3.63) is 72.4 Å². The molecule has 3 aromatic heterocycles. The maximum absolute atomic E-state index is 5.28. The minimum absolute atomic E-state index is 0.541. The van der Waals surface area contributed by atoms with Crippen LogP contribution in [0.2, 0.25) is 0 Å². The summed E-state index contributed by atoms with van der Waals surface area (Å²) in [7, 11) is 1.60. The van der Waals surface area contributed by atoms with Crippen molar-refractivity contribution >= 4 is 11.5 Å². The van der Waals surface area contributed by atoms with Crippen molar-refractivity contribution in [3.63, 3.8) is 0 Å². The number of H-pyrrole nitrogens is 1. The highest BCUT2D eigenvalue weighted by atomic mass is 16.5. The predicted octanol–water partition coefficient (Wildman–Crippen LogP) is 3.20.